The second kappa shape index (κ2) is 5.17. The van der Waals surface area contributed by atoms with Crippen molar-refractivity contribution in [3.63, 3.8) is 0 Å². The first-order valence-corrected chi connectivity index (χ1v) is 4.92. The molecule has 0 saturated heterocycles. The fourth-order valence-corrected chi connectivity index (χ4v) is 1.55. The zero-order valence-corrected chi connectivity index (χ0v) is 9.72. The Morgan fingerprint density at radius 1 is 1.79 bits per heavy atom. The number of hydrogen-bond acceptors (Lipinski definition) is 4. The van der Waals surface area contributed by atoms with Crippen LogP contribution in [0.4, 0.5) is 5.82 Å². The van der Waals surface area contributed by atoms with Crippen LogP contribution < -0.4 is 5.32 Å². The molecule has 14 heavy (non-hydrogen) atoms. The van der Waals surface area contributed by atoms with Gasteiger partial charge in [0, 0.05) is 6.20 Å². The number of carbonyl (C=O) groups excluding carboxylic acids is 1. The van der Waals surface area contributed by atoms with Gasteiger partial charge in [-0.3, -0.25) is 4.79 Å². The first kappa shape index (κ1) is 11.3. The summed E-state index contributed by atoms with van der Waals surface area (Å²) < 4.78 is 5.17. The molecule has 0 amide bonds. The van der Waals surface area contributed by atoms with Gasteiger partial charge in [-0.25, -0.2) is 4.98 Å². The molecule has 0 aliphatic carbocycles. The fraction of sp³-hybridized carbons (Fsp3) is 0.250. The molecule has 0 fully saturated rings. The fourth-order valence-electron chi connectivity index (χ4n) is 0.773. The Morgan fingerprint density at radius 2 is 2.50 bits per heavy atom. The van der Waals surface area contributed by atoms with E-state index in [0.29, 0.717) is 15.3 Å². The molecular weight excluding hydrogens is 271 g/mol. The van der Waals surface area contributed by atoms with Crippen LogP contribution >= 0.6 is 27.5 Å². The largest absolute Gasteiger partial charge is 0.468 e. The summed E-state index contributed by atoms with van der Waals surface area (Å²) >= 11 is 8.95. The smallest absolute Gasteiger partial charge is 0.325 e. The molecule has 76 valence electrons. The van der Waals surface area contributed by atoms with Gasteiger partial charge >= 0.3 is 5.97 Å². The quantitative estimate of drug-likeness (QED) is 0.861. The Hall–Kier alpha value is -0.810. The van der Waals surface area contributed by atoms with Crippen LogP contribution in [0.2, 0.25) is 5.02 Å². The van der Waals surface area contributed by atoms with E-state index >= 15 is 0 Å². The number of pyridine rings is 1. The molecule has 0 radical (unpaired) electrons. The van der Waals surface area contributed by atoms with Gasteiger partial charge in [-0.05, 0) is 22.0 Å². The number of methoxy groups -OCH3 is 1. The molecule has 0 aliphatic rings. The number of nitrogens with zero attached hydrogens (tertiary/aromatic N) is 1. The van der Waals surface area contributed by atoms with Gasteiger partial charge in [0.15, 0.2) is 0 Å². The highest BCUT2D eigenvalue weighted by Crippen LogP contribution is 2.22. The zero-order chi connectivity index (χ0) is 10.6. The Morgan fingerprint density at radius 3 is 3.07 bits per heavy atom. The van der Waals surface area contributed by atoms with Crippen LogP contribution in [0.15, 0.2) is 16.7 Å². The van der Waals surface area contributed by atoms with Gasteiger partial charge in [0.1, 0.15) is 12.4 Å². The third-order valence-electron chi connectivity index (χ3n) is 1.44. The summed E-state index contributed by atoms with van der Waals surface area (Å²) in [5.74, 6) is 0.202. The number of rotatable bonds is 3. The minimum atomic E-state index is -0.353. The lowest BCUT2D eigenvalue weighted by Gasteiger charge is -2.05. The van der Waals surface area contributed by atoms with Crippen LogP contribution in [-0.4, -0.2) is 24.6 Å². The van der Waals surface area contributed by atoms with Crippen molar-refractivity contribution in [2.24, 2.45) is 0 Å². The second-order valence-corrected chi connectivity index (χ2v) is 3.70. The summed E-state index contributed by atoms with van der Waals surface area (Å²) in [6.45, 7) is 0.0731. The standard InChI is InChI=1S/C8H8BrClN2O2/c1-14-7(13)4-12-8-6(9)2-5(10)3-11-8/h2-3H,4H2,1H3,(H,11,12). The Bertz CT molecular complexity index is 346. The van der Waals surface area contributed by atoms with Crippen molar-refractivity contribution in [1.82, 2.24) is 4.98 Å². The van der Waals surface area contributed by atoms with Gasteiger partial charge in [0.05, 0.1) is 16.6 Å². The average Bonchev–Trinajstić information content (AvgIpc) is 2.16. The van der Waals surface area contributed by atoms with E-state index in [1.165, 1.54) is 13.3 Å². The summed E-state index contributed by atoms with van der Waals surface area (Å²) in [6, 6.07) is 1.69. The van der Waals surface area contributed by atoms with E-state index in [-0.39, 0.29) is 12.5 Å². The third-order valence-corrected chi connectivity index (χ3v) is 2.25. The normalized spacial score (nSPS) is 9.64. The SMILES string of the molecule is COC(=O)CNc1ncc(Cl)cc1Br. The van der Waals surface area contributed by atoms with Crippen LogP contribution in [0.3, 0.4) is 0 Å². The van der Waals surface area contributed by atoms with Crippen molar-refractivity contribution in [2.45, 2.75) is 0 Å². The lowest BCUT2D eigenvalue weighted by Crippen LogP contribution is -2.15. The molecule has 0 atom stereocenters. The Labute approximate surface area is 94.7 Å². The average molecular weight is 280 g/mol. The molecular formula is C8H8BrClN2O2. The second-order valence-electron chi connectivity index (χ2n) is 2.41. The molecule has 1 N–H and O–H groups in total. The van der Waals surface area contributed by atoms with Crippen LogP contribution in [-0.2, 0) is 9.53 Å². The van der Waals surface area contributed by atoms with E-state index in [2.05, 4.69) is 31.0 Å². The first-order valence-electron chi connectivity index (χ1n) is 3.75. The predicted octanol–water partition coefficient (Wildman–Crippen LogP) is 2.08. The van der Waals surface area contributed by atoms with E-state index in [9.17, 15) is 4.79 Å². The molecule has 0 unspecified atom stereocenters. The van der Waals surface area contributed by atoms with Crippen LogP contribution in [0.5, 0.6) is 0 Å². The van der Waals surface area contributed by atoms with Crippen molar-refractivity contribution in [3.8, 4) is 0 Å². The maximum absolute atomic E-state index is 10.8. The summed E-state index contributed by atoms with van der Waals surface area (Å²) in [4.78, 5) is 14.8. The van der Waals surface area contributed by atoms with Gasteiger partial charge in [-0.1, -0.05) is 11.6 Å². The topological polar surface area (TPSA) is 51.2 Å². The maximum Gasteiger partial charge on any atom is 0.325 e. The summed E-state index contributed by atoms with van der Waals surface area (Å²) in [5.41, 5.74) is 0. The lowest BCUT2D eigenvalue weighted by molar-refractivity contribution is -0.138. The number of halogens is 2. The van der Waals surface area contributed by atoms with Gasteiger partial charge in [0.2, 0.25) is 0 Å². The molecule has 1 heterocycles. The van der Waals surface area contributed by atoms with Crippen molar-refractivity contribution in [3.05, 3.63) is 21.8 Å². The van der Waals surface area contributed by atoms with Gasteiger partial charge in [-0.15, -0.1) is 0 Å². The molecule has 1 rings (SSSR count). The molecule has 1 aromatic rings. The number of carbonyl (C=O) groups is 1. The van der Waals surface area contributed by atoms with Crippen molar-refractivity contribution in [1.29, 1.82) is 0 Å². The van der Waals surface area contributed by atoms with Crippen molar-refractivity contribution in [2.75, 3.05) is 19.0 Å². The Balaban J connectivity index is 2.63. The Kier molecular flexibility index (Phi) is 4.16. The van der Waals surface area contributed by atoms with Crippen molar-refractivity contribution >= 4 is 39.3 Å². The number of aromatic nitrogens is 1. The minimum Gasteiger partial charge on any atom is -0.468 e. The van der Waals surface area contributed by atoms with E-state index < -0.39 is 0 Å². The number of ether oxygens (including phenoxy) is 1. The highest BCUT2D eigenvalue weighted by atomic mass is 79.9. The monoisotopic (exact) mass is 278 g/mol. The summed E-state index contributed by atoms with van der Waals surface area (Å²) in [6.07, 6.45) is 1.49. The molecule has 0 saturated carbocycles. The number of anilines is 1. The van der Waals surface area contributed by atoms with E-state index in [4.69, 9.17) is 11.6 Å². The van der Waals surface area contributed by atoms with Gasteiger partial charge < -0.3 is 10.1 Å². The van der Waals surface area contributed by atoms with E-state index in [1.54, 1.807) is 6.07 Å². The first-order chi connectivity index (χ1) is 6.63. The molecule has 0 aromatic carbocycles. The van der Waals surface area contributed by atoms with Crippen LogP contribution in [0.1, 0.15) is 0 Å². The predicted molar refractivity (Wildman–Crippen MR) is 57.5 cm³/mol. The van der Waals surface area contributed by atoms with Crippen LogP contribution in [0.25, 0.3) is 0 Å². The summed E-state index contributed by atoms with van der Waals surface area (Å²) in [7, 11) is 1.33. The molecule has 0 bridgehead atoms. The highest BCUT2D eigenvalue weighted by Gasteiger charge is 2.04. The molecule has 0 aliphatic heterocycles. The van der Waals surface area contributed by atoms with Gasteiger partial charge in [-0.2, -0.15) is 0 Å². The molecule has 6 heteroatoms. The van der Waals surface area contributed by atoms with Crippen LogP contribution in [0, 0.1) is 0 Å². The number of hydrogen-bond donors (Lipinski definition) is 1. The number of nitrogens with one attached hydrogen (secondary N) is 1. The molecule has 4 nitrogen and oxygen atoms in total. The van der Waals surface area contributed by atoms with Crippen molar-refractivity contribution < 1.29 is 9.53 Å². The lowest BCUT2D eigenvalue weighted by atomic mass is 10.4. The highest BCUT2D eigenvalue weighted by molar-refractivity contribution is 9.10. The molecule has 0 spiro atoms. The summed E-state index contributed by atoms with van der Waals surface area (Å²) in [5, 5.41) is 3.33. The van der Waals surface area contributed by atoms with E-state index in [0.717, 1.165) is 0 Å². The molecule has 1 aromatic heterocycles. The third kappa shape index (κ3) is 3.16. The van der Waals surface area contributed by atoms with E-state index in [1.807, 2.05) is 0 Å². The minimum absolute atomic E-state index is 0.0731. The number of esters is 1. The maximum atomic E-state index is 10.8. The zero-order valence-electron chi connectivity index (χ0n) is 7.38. The van der Waals surface area contributed by atoms with Gasteiger partial charge in [0.25, 0.3) is 0 Å².